The number of aliphatic carboxylic acids is 1. The van der Waals surface area contributed by atoms with Gasteiger partial charge < -0.3 is 119 Å². The number of phenolic OH excluding ortho intramolecular Hbond substituents is 5. The van der Waals surface area contributed by atoms with Crippen molar-refractivity contribution >= 4 is 47.0 Å². The van der Waals surface area contributed by atoms with Gasteiger partial charge in [-0.05, 0) is 71.8 Å². The predicted molar refractivity (Wildman–Crippen MR) is 272 cm³/mol. The number of aromatic hydroxyl groups is 5. The molecule has 4 heterocycles. The van der Waals surface area contributed by atoms with Crippen LogP contribution in [-0.4, -0.2) is 212 Å². The number of fused-ring (bicyclic) bond motifs is 1. The van der Waals surface area contributed by atoms with Gasteiger partial charge in [0.25, 0.3) is 0 Å². The van der Waals surface area contributed by atoms with Crippen LogP contribution in [0.4, 0.5) is 0 Å². The van der Waals surface area contributed by atoms with Gasteiger partial charge in [-0.15, -0.1) is 0 Å². The highest BCUT2D eigenvalue weighted by Gasteiger charge is 2.49. The number of esters is 3. The number of aliphatic hydroxyl groups is 9. The fourth-order valence-corrected chi connectivity index (χ4v) is 8.47. The quantitative estimate of drug-likeness (QED) is 0.0118. The topological polar surface area (TPSA) is 466 Å². The lowest BCUT2D eigenvalue weighted by Crippen LogP contribution is -2.60. The number of carboxylic acids is 1. The molecule has 83 heavy (non-hydrogen) atoms. The average molecular weight is 1170 g/mol. The lowest BCUT2D eigenvalue weighted by Gasteiger charge is -2.39. The monoisotopic (exact) mass is 1170 g/mol. The summed E-state index contributed by atoms with van der Waals surface area (Å²) < 4.78 is 55.5. The first kappa shape index (κ1) is 60.7. The molecule has 29 heteroatoms. The molecule has 0 unspecified atom stereocenters. The van der Waals surface area contributed by atoms with E-state index in [1.54, 1.807) is 0 Å². The summed E-state index contributed by atoms with van der Waals surface area (Å²) in [6.45, 7) is -2.13. The van der Waals surface area contributed by atoms with E-state index in [-0.39, 0.29) is 56.6 Å². The summed E-state index contributed by atoms with van der Waals surface area (Å²) >= 11 is 0. The summed E-state index contributed by atoms with van der Waals surface area (Å²) in [7, 11) is 0. The van der Waals surface area contributed by atoms with Crippen LogP contribution in [0.1, 0.15) is 17.5 Å². The molecule has 3 fully saturated rings. The molecular weight excluding hydrogens is 1110 g/mol. The van der Waals surface area contributed by atoms with Crippen molar-refractivity contribution in [2.75, 3.05) is 19.8 Å². The first-order valence-corrected chi connectivity index (χ1v) is 24.9. The van der Waals surface area contributed by atoms with E-state index in [4.69, 9.17) is 52.2 Å². The predicted octanol–water partition coefficient (Wildman–Crippen LogP) is -1.00. The summed E-state index contributed by atoms with van der Waals surface area (Å²) in [5.74, 6) is -7.72. The number of carbonyl (C=O) groups is 4. The Morgan fingerprint density at radius 1 is 0.482 bits per heavy atom. The molecule has 0 radical (unpaired) electrons. The SMILES string of the molecule is O=C(O)CC(=O)OC[C@H]1O[C@@H](Oc2cc3c(O)cc(O[C@@H]4O[C@H](COC(=O)/C=C/c5ccc(O[C@@H]6O[C@H](COC(=O)C=Cc7ccc(O)c(O)c7)[C@@H](O)[C@H](O)[C@H]6O)c(O)c5)[C@@H](O)[C@H](O)[C@H]4O)cc3[o+]c2-c2ccc(O)cc2)[C@H](O)[C@@H](O)[C@@H]1O. The van der Waals surface area contributed by atoms with Crippen LogP contribution < -0.4 is 14.2 Å². The van der Waals surface area contributed by atoms with E-state index in [1.807, 2.05) is 0 Å². The van der Waals surface area contributed by atoms with Gasteiger partial charge in [-0.1, -0.05) is 12.1 Å². The van der Waals surface area contributed by atoms with E-state index >= 15 is 0 Å². The van der Waals surface area contributed by atoms with Gasteiger partial charge in [0.1, 0.15) is 122 Å². The van der Waals surface area contributed by atoms with Crippen LogP contribution in [-0.2, 0) is 47.6 Å². The molecule has 3 saturated heterocycles. The number of hydrogen-bond donors (Lipinski definition) is 15. The van der Waals surface area contributed by atoms with Crippen LogP contribution in [0.3, 0.4) is 0 Å². The molecule has 0 amide bonds. The number of hydrogen-bond acceptors (Lipinski definition) is 27. The number of carboxylic acid groups (broad SMARTS) is 1. The standard InChI is InChI=1S/C54H54O29/c55-25-7-5-24(6-8-25)51-34(80-54-50(73)47(70)44(67)37(83-54)21-76-41(64)18-38(60)61)17-27-29(57)15-26(16-33(27)78-51)77-52-48(71)45(68)42(65)35(81-52)19-74-40(63)12-4-23-2-10-32(31(59)14-23)79-53-49(72)46(69)43(66)36(82-53)20-75-39(62)11-3-22-1-9-28(56)30(58)13-22/h1-17,35-37,42-50,52-54,65-73H,18-21H2,(H5-,55,56,57,58,59,60,61,62)/p+1/b12-4+/t35-,36-,37-,42-,43-,44-,45+,46+,47+,48-,49-,50-,52-,53-,54-/m1/s1. The highest BCUT2D eigenvalue weighted by atomic mass is 16.7. The molecule has 3 aliphatic rings. The van der Waals surface area contributed by atoms with Gasteiger partial charge in [-0.25, -0.2) is 14.0 Å². The lowest BCUT2D eigenvalue weighted by molar-refractivity contribution is -0.278. The minimum Gasteiger partial charge on any atom is -0.508 e. The molecule has 1 aromatic heterocycles. The maximum absolute atomic E-state index is 12.9. The molecule has 0 saturated carbocycles. The maximum Gasteiger partial charge on any atom is 0.402 e. The largest absolute Gasteiger partial charge is 0.508 e. The van der Waals surface area contributed by atoms with Crippen LogP contribution in [0.15, 0.2) is 95.4 Å². The molecule has 8 rings (SSSR count). The Labute approximate surface area is 466 Å². The number of aliphatic hydroxyl groups excluding tert-OH is 9. The molecule has 5 aromatic rings. The van der Waals surface area contributed by atoms with Crippen molar-refractivity contribution in [3.8, 4) is 57.3 Å². The van der Waals surface area contributed by atoms with Gasteiger partial charge in [0.2, 0.25) is 24.6 Å². The Hall–Kier alpha value is -8.43. The maximum atomic E-state index is 12.9. The van der Waals surface area contributed by atoms with Crippen molar-refractivity contribution in [3.05, 3.63) is 102 Å². The second-order valence-electron chi connectivity index (χ2n) is 18.9. The van der Waals surface area contributed by atoms with E-state index in [0.29, 0.717) is 5.56 Å². The van der Waals surface area contributed by atoms with E-state index < -0.39 is 159 Å². The smallest absolute Gasteiger partial charge is 0.402 e. The van der Waals surface area contributed by atoms with Gasteiger partial charge >= 0.3 is 35.2 Å². The highest BCUT2D eigenvalue weighted by molar-refractivity contribution is 5.90. The molecule has 4 aromatic carbocycles. The van der Waals surface area contributed by atoms with Gasteiger partial charge in [0.05, 0.1) is 11.6 Å². The van der Waals surface area contributed by atoms with Crippen LogP contribution in [0.2, 0.25) is 0 Å². The Morgan fingerprint density at radius 3 is 1.47 bits per heavy atom. The molecule has 0 bridgehead atoms. The zero-order chi connectivity index (χ0) is 60.0. The first-order chi connectivity index (χ1) is 39.4. The average Bonchev–Trinajstić information content (AvgIpc) is 3.62. The van der Waals surface area contributed by atoms with Gasteiger partial charge in [-0.3, -0.25) is 9.59 Å². The number of carbonyl (C=O) groups excluding carboxylic acids is 3. The Kier molecular flexibility index (Phi) is 19.2. The Morgan fingerprint density at radius 2 is 0.964 bits per heavy atom. The second kappa shape index (κ2) is 26.2. The van der Waals surface area contributed by atoms with Crippen LogP contribution in [0.25, 0.3) is 34.4 Å². The fourth-order valence-electron chi connectivity index (χ4n) is 8.47. The van der Waals surface area contributed by atoms with Crippen molar-refractivity contribution in [1.29, 1.82) is 0 Å². The Balaban J connectivity index is 0.888. The van der Waals surface area contributed by atoms with Gasteiger partial charge in [0, 0.05) is 24.3 Å². The molecular formula is C54H55O29+. The zero-order valence-corrected chi connectivity index (χ0v) is 42.7. The van der Waals surface area contributed by atoms with E-state index in [0.717, 1.165) is 24.3 Å². The first-order valence-electron chi connectivity index (χ1n) is 24.9. The van der Waals surface area contributed by atoms with E-state index in [9.17, 15) is 90.7 Å². The molecule has 0 aliphatic carbocycles. The van der Waals surface area contributed by atoms with Crippen LogP contribution >= 0.6 is 0 Å². The van der Waals surface area contributed by atoms with Crippen LogP contribution in [0, 0.1) is 0 Å². The summed E-state index contributed by atoms with van der Waals surface area (Å²) in [5, 5.41) is 156. The number of ether oxygens (including phenoxy) is 9. The molecule has 15 N–H and O–H groups in total. The van der Waals surface area contributed by atoms with Crippen molar-refractivity contribution in [3.63, 3.8) is 0 Å². The summed E-state index contributed by atoms with van der Waals surface area (Å²) in [6, 6.07) is 16.2. The minimum atomic E-state index is -1.96. The second-order valence-corrected chi connectivity index (χ2v) is 18.9. The third kappa shape index (κ3) is 14.6. The zero-order valence-electron chi connectivity index (χ0n) is 42.7. The van der Waals surface area contributed by atoms with E-state index in [2.05, 4.69) is 0 Å². The third-order valence-electron chi connectivity index (χ3n) is 13.0. The molecule has 0 spiro atoms. The summed E-state index contributed by atoms with van der Waals surface area (Å²) in [5.41, 5.74) is 0.579. The van der Waals surface area contributed by atoms with Crippen molar-refractivity contribution in [1.82, 2.24) is 0 Å². The van der Waals surface area contributed by atoms with Crippen molar-refractivity contribution in [2.24, 2.45) is 0 Å². The fraction of sp³-hybridized carbons (Fsp3) is 0.352. The van der Waals surface area contributed by atoms with Crippen molar-refractivity contribution < 1.29 is 143 Å². The minimum absolute atomic E-state index is 0.0933. The van der Waals surface area contributed by atoms with Crippen LogP contribution in [0.5, 0.6) is 46.0 Å². The molecule has 15 atom stereocenters. The number of phenols is 5. The van der Waals surface area contributed by atoms with Crippen molar-refractivity contribution in [2.45, 2.75) is 98.5 Å². The number of benzene rings is 4. The normalized spacial score (nSPS) is 28.1. The summed E-state index contributed by atoms with van der Waals surface area (Å²) in [6.07, 6.45) is -23.5. The Bertz CT molecular complexity index is 3200. The van der Waals surface area contributed by atoms with E-state index in [1.165, 1.54) is 78.9 Å². The molecule has 29 nitrogen and oxygen atoms in total. The number of rotatable bonds is 19. The lowest BCUT2D eigenvalue weighted by atomic mass is 9.99. The van der Waals surface area contributed by atoms with Gasteiger partial charge in [0.15, 0.2) is 23.0 Å². The molecule has 444 valence electrons. The molecule has 3 aliphatic heterocycles. The summed E-state index contributed by atoms with van der Waals surface area (Å²) in [4.78, 5) is 48.0. The third-order valence-corrected chi connectivity index (χ3v) is 13.0. The van der Waals surface area contributed by atoms with Gasteiger partial charge in [-0.2, -0.15) is 0 Å². The highest BCUT2D eigenvalue weighted by Crippen LogP contribution is 2.42.